The monoisotopic (exact) mass is 774 g/mol. The van der Waals surface area contributed by atoms with Crippen molar-refractivity contribution in [2.24, 2.45) is 0 Å². The van der Waals surface area contributed by atoms with Gasteiger partial charge in [-0.15, -0.1) is 21.5 Å². The molecular weight excluding hydrogens is 745 g/mol. The summed E-state index contributed by atoms with van der Waals surface area (Å²) in [6.45, 7) is 0. The summed E-state index contributed by atoms with van der Waals surface area (Å²) < 4.78 is 0.911. The maximum absolute atomic E-state index is 5.04. The van der Waals surface area contributed by atoms with E-state index >= 15 is 0 Å². The van der Waals surface area contributed by atoms with Crippen LogP contribution in [0.1, 0.15) is 0 Å². The molecule has 0 N–H and O–H groups in total. The smallest absolute Gasteiger partial charge is 0.164 e. The second-order valence-electron chi connectivity index (χ2n) is 14.1. The number of thiophene rings is 1. The van der Waals surface area contributed by atoms with Crippen LogP contribution in [0.5, 0.6) is 0 Å². The molecule has 8 nitrogen and oxygen atoms in total. The fourth-order valence-corrected chi connectivity index (χ4v) is 8.48. The lowest BCUT2D eigenvalue weighted by molar-refractivity contribution is 0.904. The summed E-state index contributed by atoms with van der Waals surface area (Å²) in [7, 11) is 0. The van der Waals surface area contributed by atoms with Gasteiger partial charge in [-0.25, -0.2) is 24.9 Å². The molecule has 0 atom stereocenters. The van der Waals surface area contributed by atoms with Crippen LogP contribution in [0.2, 0.25) is 0 Å². The molecule has 0 saturated heterocycles. The molecule has 0 unspecified atom stereocenters. The average molecular weight is 775 g/mol. The Bertz CT molecular complexity index is 3330. The summed E-state index contributed by atoms with van der Waals surface area (Å²) >= 11 is 1.54. The van der Waals surface area contributed by atoms with Gasteiger partial charge in [0.2, 0.25) is 0 Å². The molecule has 0 aliphatic heterocycles. The number of aromatic nitrogens is 8. The summed E-state index contributed by atoms with van der Waals surface area (Å²) in [5.41, 5.74) is 14.1. The molecule has 11 rings (SSSR count). The lowest BCUT2D eigenvalue weighted by Gasteiger charge is -2.11. The van der Waals surface area contributed by atoms with E-state index in [1.165, 1.54) is 0 Å². The fraction of sp³-hybridized carbons (Fsp3) is 0. The predicted molar refractivity (Wildman–Crippen MR) is 237 cm³/mol. The van der Waals surface area contributed by atoms with Gasteiger partial charge in [-0.1, -0.05) is 152 Å². The van der Waals surface area contributed by atoms with Gasteiger partial charge in [0, 0.05) is 22.3 Å². The second kappa shape index (κ2) is 14.6. The Labute approximate surface area is 342 Å². The molecule has 0 spiro atoms. The van der Waals surface area contributed by atoms with Gasteiger partial charge in [-0.05, 0) is 68.9 Å². The molecule has 0 amide bonds. The molecule has 0 aliphatic rings. The van der Waals surface area contributed by atoms with Gasteiger partial charge in [-0.2, -0.15) is 0 Å². The first-order valence-corrected chi connectivity index (χ1v) is 20.0. The third-order valence-corrected chi connectivity index (χ3v) is 11.5. The van der Waals surface area contributed by atoms with E-state index in [1.54, 1.807) is 11.3 Å². The highest BCUT2D eigenvalue weighted by Gasteiger charge is 2.18. The van der Waals surface area contributed by atoms with Gasteiger partial charge < -0.3 is 0 Å². The molecule has 7 aromatic carbocycles. The molecule has 9 heteroatoms. The lowest BCUT2D eigenvalue weighted by atomic mass is 9.96. The van der Waals surface area contributed by atoms with E-state index in [2.05, 4.69) is 137 Å². The SMILES string of the molecule is c1ccc(-c2ccc(-c3nc(-c4ccccc4)nc(-c4cccc(-c5cccc(-c6cccc(-c7nnnc8c7sc7nc9ccccc9nc78)c6)c5)c4)n3)cc2)cc1. The van der Waals surface area contributed by atoms with Crippen LogP contribution < -0.4 is 0 Å². The molecule has 276 valence electrons. The molecule has 59 heavy (non-hydrogen) atoms. The number of rotatable bonds is 7. The number of hydrogen-bond acceptors (Lipinski definition) is 9. The van der Waals surface area contributed by atoms with Crippen LogP contribution in [0, 0.1) is 0 Å². The first-order valence-electron chi connectivity index (χ1n) is 19.2. The van der Waals surface area contributed by atoms with Crippen molar-refractivity contribution in [3.8, 4) is 78.8 Å². The highest BCUT2D eigenvalue weighted by Crippen LogP contribution is 2.38. The van der Waals surface area contributed by atoms with Crippen molar-refractivity contribution in [3.63, 3.8) is 0 Å². The normalized spacial score (nSPS) is 11.4. The average Bonchev–Trinajstić information content (AvgIpc) is 3.69. The van der Waals surface area contributed by atoms with Crippen molar-refractivity contribution in [2.75, 3.05) is 0 Å². The van der Waals surface area contributed by atoms with E-state index in [4.69, 9.17) is 24.9 Å². The van der Waals surface area contributed by atoms with Crippen LogP contribution in [-0.2, 0) is 0 Å². The van der Waals surface area contributed by atoms with Gasteiger partial charge in [0.05, 0.1) is 15.7 Å². The summed E-state index contributed by atoms with van der Waals surface area (Å²) in [5.74, 6) is 1.85. The first-order chi connectivity index (χ1) is 29.2. The number of hydrogen-bond donors (Lipinski definition) is 0. The molecule has 0 bridgehead atoms. The number of nitrogens with zero attached hydrogens (tertiary/aromatic N) is 8. The Morgan fingerprint density at radius 2 is 0.746 bits per heavy atom. The second-order valence-corrected chi connectivity index (χ2v) is 15.1. The van der Waals surface area contributed by atoms with Crippen LogP contribution in [0.25, 0.3) is 110 Å². The lowest BCUT2D eigenvalue weighted by Crippen LogP contribution is -2.00. The van der Waals surface area contributed by atoms with E-state index < -0.39 is 0 Å². The first kappa shape index (κ1) is 34.4. The fourth-order valence-electron chi connectivity index (χ4n) is 7.42. The van der Waals surface area contributed by atoms with Crippen molar-refractivity contribution in [3.05, 3.63) is 182 Å². The molecule has 0 radical (unpaired) electrons. The third kappa shape index (κ3) is 6.55. The Morgan fingerprint density at radius 1 is 0.305 bits per heavy atom. The van der Waals surface area contributed by atoms with E-state index in [9.17, 15) is 0 Å². The quantitative estimate of drug-likeness (QED) is 0.158. The molecule has 4 heterocycles. The van der Waals surface area contributed by atoms with Crippen LogP contribution in [0.4, 0.5) is 0 Å². The van der Waals surface area contributed by atoms with Gasteiger partial charge in [0.1, 0.15) is 21.6 Å². The molecule has 4 aromatic heterocycles. The third-order valence-electron chi connectivity index (χ3n) is 10.4. The van der Waals surface area contributed by atoms with Crippen molar-refractivity contribution < 1.29 is 0 Å². The molecule has 0 aliphatic carbocycles. The molecule has 0 fully saturated rings. The summed E-state index contributed by atoms with van der Waals surface area (Å²) in [6.07, 6.45) is 0. The Balaban J connectivity index is 0.943. The van der Waals surface area contributed by atoms with Crippen LogP contribution >= 0.6 is 11.3 Å². The largest absolute Gasteiger partial charge is 0.241 e. The van der Waals surface area contributed by atoms with Crippen molar-refractivity contribution >= 4 is 42.9 Å². The highest BCUT2D eigenvalue weighted by molar-refractivity contribution is 7.25. The predicted octanol–water partition coefficient (Wildman–Crippen LogP) is 12.0. The van der Waals surface area contributed by atoms with Gasteiger partial charge >= 0.3 is 0 Å². The zero-order chi connectivity index (χ0) is 39.1. The van der Waals surface area contributed by atoms with Crippen molar-refractivity contribution in [1.82, 2.24) is 40.3 Å². The maximum Gasteiger partial charge on any atom is 0.164 e. The van der Waals surface area contributed by atoms with Crippen LogP contribution in [0.15, 0.2) is 182 Å². The zero-order valence-corrected chi connectivity index (χ0v) is 32.1. The van der Waals surface area contributed by atoms with E-state index in [-0.39, 0.29) is 0 Å². The Hall–Kier alpha value is -7.88. The van der Waals surface area contributed by atoms with Crippen molar-refractivity contribution in [2.45, 2.75) is 0 Å². The van der Waals surface area contributed by atoms with Gasteiger partial charge in [0.15, 0.2) is 17.5 Å². The van der Waals surface area contributed by atoms with Crippen LogP contribution in [0.3, 0.4) is 0 Å². The van der Waals surface area contributed by atoms with Gasteiger partial charge in [0.25, 0.3) is 0 Å². The topological polar surface area (TPSA) is 103 Å². The van der Waals surface area contributed by atoms with Crippen molar-refractivity contribution in [1.29, 1.82) is 0 Å². The summed E-state index contributed by atoms with van der Waals surface area (Å²) in [5, 5.41) is 13.1. The standard InChI is InChI=1S/C50H30N8S/c1-3-12-31(13-4-1)32-24-26-34(27-25-32)48-53-47(33-14-5-2-6-15-33)54-49(55-48)40-21-11-19-38(30-40)36-17-9-16-35(28-36)37-18-10-20-39(29-37)43-46-44(57-58-56-43)45-50(59-46)52-42-23-8-7-22-41(42)51-45/h1-30H. The van der Waals surface area contributed by atoms with E-state index in [1.807, 2.05) is 60.7 Å². The minimum absolute atomic E-state index is 0.608. The van der Waals surface area contributed by atoms with E-state index in [0.29, 0.717) is 23.0 Å². The molecule has 0 saturated carbocycles. The van der Waals surface area contributed by atoms with Gasteiger partial charge in [-0.3, -0.25) is 0 Å². The molecular formula is C50H30N8S. The molecule has 11 aromatic rings. The number of para-hydroxylation sites is 2. The van der Waals surface area contributed by atoms with E-state index in [0.717, 1.165) is 87.4 Å². The minimum Gasteiger partial charge on any atom is -0.241 e. The zero-order valence-electron chi connectivity index (χ0n) is 31.3. The minimum atomic E-state index is 0.608. The Kier molecular flexibility index (Phi) is 8.49. The Morgan fingerprint density at radius 3 is 1.39 bits per heavy atom. The highest BCUT2D eigenvalue weighted by atomic mass is 32.1. The number of benzene rings is 7. The van der Waals surface area contributed by atoms with Crippen LogP contribution in [-0.4, -0.2) is 40.3 Å². The summed E-state index contributed by atoms with van der Waals surface area (Å²) in [6, 6.07) is 62.0. The maximum atomic E-state index is 5.04. The number of fused-ring (bicyclic) bond motifs is 4. The summed E-state index contributed by atoms with van der Waals surface area (Å²) in [4.78, 5) is 25.6.